The zero-order chi connectivity index (χ0) is 14.8. The maximum absolute atomic E-state index is 10.8. The van der Waals surface area contributed by atoms with Crippen LogP contribution in [-0.2, 0) is 10.2 Å². The van der Waals surface area contributed by atoms with Gasteiger partial charge in [-0.2, -0.15) is 0 Å². The maximum Gasteiger partial charge on any atom is 0.303 e. The standard InChI is InChI=1S/C16H25NO2/c1-10-6-7-12(16(3,4)5)9-13(10)15(17)11(2)8-14(18)19/h6-7,9,11,15H,8,17H2,1-5H3,(H,18,19). The van der Waals surface area contributed by atoms with Gasteiger partial charge < -0.3 is 10.8 Å². The summed E-state index contributed by atoms with van der Waals surface area (Å²) in [6, 6.07) is 6.08. The van der Waals surface area contributed by atoms with Crippen LogP contribution in [0.5, 0.6) is 0 Å². The first-order valence-electron chi connectivity index (χ1n) is 6.71. The van der Waals surface area contributed by atoms with Crippen LogP contribution >= 0.6 is 0 Å². The second-order valence-electron chi connectivity index (χ2n) is 6.42. The molecule has 2 unspecified atom stereocenters. The number of hydrogen-bond donors (Lipinski definition) is 2. The third-order valence-corrected chi connectivity index (χ3v) is 3.61. The smallest absolute Gasteiger partial charge is 0.303 e. The first-order chi connectivity index (χ1) is 8.62. The molecule has 0 aliphatic rings. The van der Waals surface area contributed by atoms with Crippen LogP contribution in [0.3, 0.4) is 0 Å². The van der Waals surface area contributed by atoms with Crippen LogP contribution in [0, 0.1) is 12.8 Å². The summed E-state index contributed by atoms with van der Waals surface area (Å²) in [5.41, 5.74) is 9.71. The summed E-state index contributed by atoms with van der Waals surface area (Å²) >= 11 is 0. The van der Waals surface area contributed by atoms with Gasteiger partial charge in [0, 0.05) is 12.5 Å². The number of aliphatic carboxylic acids is 1. The fourth-order valence-electron chi connectivity index (χ4n) is 2.18. The molecule has 1 aromatic carbocycles. The number of carboxylic acid groups (broad SMARTS) is 1. The van der Waals surface area contributed by atoms with Crippen molar-refractivity contribution in [3.8, 4) is 0 Å². The largest absolute Gasteiger partial charge is 0.481 e. The predicted molar refractivity (Wildman–Crippen MR) is 78.2 cm³/mol. The van der Waals surface area contributed by atoms with E-state index in [1.807, 2.05) is 13.8 Å². The van der Waals surface area contributed by atoms with Gasteiger partial charge in [0.1, 0.15) is 0 Å². The van der Waals surface area contributed by atoms with Crippen LogP contribution < -0.4 is 5.73 Å². The number of aryl methyl sites for hydroxylation is 1. The molecule has 0 fully saturated rings. The average Bonchev–Trinajstić information content (AvgIpc) is 2.26. The third kappa shape index (κ3) is 4.06. The van der Waals surface area contributed by atoms with Crippen LogP contribution in [0.4, 0.5) is 0 Å². The number of carboxylic acids is 1. The highest BCUT2D eigenvalue weighted by Gasteiger charge is 2.22. The molecule has 3 nitrogen and oxygen atoms in total. The topological polar surface area (TPSA) is 63.3 Å². The molecular formula is C16H25NO2. The second-order valence-corrected chi connectivity index (χ2v) is 6.42. The lowest BCUT2D eigenvalue weighted by Crippen LogP contribution is -2.23. The maximum atomic E-state index is 10.8. The van der Waals surface area contributed by atoms with Crippen LogP contribution in [0.15, 0.2) is 18.2 Å². The van der Waals surface area contributed by atoms with Crippen molar-refractivity contribution in [2.45, 2.75) is 52.5 Å². The monoisotopic (exact) mass is 263 g/mol. The average molecular weight is 263 g/mol. The van der Waals surface area contributed by atoms with E-state index in [2.05, 4.69) is 39.0 Å². The van der Waals surface area contributed by atoms with Crippen molar-refractivity contribution >= 4 is 5.97 Å². The van der Waals surface area contributed by atoms with Gasteiger partial charge in [0.2, 0.25) is 0 Å². The Morgan fingerprint density at radius 3 is 2.42 bits per heavy atom. The van der Waals surface area contributed by atoms with Crippen molar-refractivity contribution in [1.29, 1.82) is 0 Å². The minimum atomic E-state index is -0.799. The molecule has 0 amide bonds. The molecule has 0 aliphatic heterocycles. The number of nitrogens with two attached hydrogens (primary N) is 1. The van der Waals surface area contributed by atoms with Crippen molar-refractivity contribution in [2.24, 2.45) is 11.7 Å². The fraction of sp³-hybridized carbons (Fsp3) is 0.562. The molecule has 1 aromatic rings. The summed E-state index contributed by atoms with van der Waals surface area (Å²) in [6.45, 7) is 10.4. The Morgan fingerprint density at radius 1 is 1.37 bits per heavy atom. The van der Waals surface area contributed by atoms with E-state index in [0.29, 0.717) is 0 Å². The molecule has 3 N–H and O–H groups in total. The highest BCUT2D eigenvalue weighted by molar-refractivity contribution is 5.67. The first kappa shape index (κ1) is 15.7. The normalized spacial score (nSPS) is 15.1. The molecule has 0 saturated heterocycles. The van der Waals surface area contributed by atoms with E-state index in [0.717, 1.165) is 11.1 Å². The molecular weight excluding hydrogens is 238 g/mol. The summed E-state index contributed by atoms with van der Waals surface area (Å²) in [7, 11) is 0. The molecule has 0 spiro atoms. The van der Waals surface area contributed by atoms with Crippen molar-refractivity contribution < 1.29 is 9.90 Å². The molecule has 19 heavy (non-hydrogen) atoms. The minimum Gasteiger partial charge on any atom is -0.481 e. The van der Waals surface area contributed by atoms with Crippen LogP contribution in [0.25, 0.3) is 0 Å². The van der Waals surface area contributed by atoms with Gasteiger partial charge in [-0.1, -0.05) is 45.9 Å². The molecule has 0 aliphatic carbocycles. The predicted octanol–water partition coefficient (Wildman–Crippen LogP) is 3.40. The summed E-state index contributed by atoms with van der Waals surface area (Å²) in [5.74, 6) is -0.876. The van der Waals surface area contributed by atoms with E-state index in [4.69, 9.17) is 10.8 Å². The van der Waals surface area contributed by atoms with Crippen molar-refractivity contribution in [2.75, 3.05) is 0 Å². The van der Waals surface area contributed by atoms with Crippen molar-refractivity contribution in [3.05, 3.63) is 34.9 Å². The molecule has 0 bridgehead atoms. The van der Waals surface area contributed by atoms with Crippen LogP contribution in [0.1, 0.15) is 56.8 Å². The van der Waals surface area contributed by atoms with Gasteiger partial charge in [-0.25, -0.2) is 0 Å². The van der Waals surface area contributed by atoms with E-state index in [1.165, 1.54) is 5.56 Å². The first-order valence-corrected chi connectivity index (χ1v) is 6.71. The Morgan fingerprint density at radius 2 is 1.95 bits per heavy atom. The van der Waals surface area contributed by atoms with Gasteiger partial charge in [-0.3, -0.25) is 4.79 Å². The van der Waals surface area contributed by atoms with Crippen LogP contribution in [0.2, 0.25) is 0 Å². The number of benzene rings is 1. The molecule has 3 heteroatoms. The minimum absolute atomic E-state index is 0.0677. The molecule has 0 heterocycles. The number of rotatable bonds is 4. The highest BCUT2D eigenvalue weighted by Crippen LogP contribution is 2.30. The van der Waals surface area contributed by atoms with Gasteiger partial charge in [-0.15, -0.1) is 0 Å². The quantitative estimate of drug-likeness (QED) is 0.875. The summed E-state index contributed by atoms with van der Waals surface area (Å²) in [5, 5.41) is 8.88. The molecule has 0 radical (unpaired) electrons. The lowest BCUT2D eigenvalue weighted by molar-refractivity contribution is -0.138. The Bertz CT molecular complexity index is 460. The molecule has 1 rings (SSSR count). The summed E-state index contributed by atoms with van der Waals surface area (Å²) < 4.78 is 0. The Kier molecular flexibility index (Phi) is 4.75. The Hall–Kier alpha value is -1.35. The molecule has 0 saturated carbocycles. The number of carbonyl (C=O) groups is 1. The zero-order valence-electron chi connectivity index (χ0n) is 12.5. The lowest BCUT2D eigenvalue weighted by atomic mass is 9.82. The molecule has 2 atom stereocenters. The van der Waals surface area contributed by atoms with Gasteiger partial charge in [-0.05, 0) is 34.9 Å². The van der Waals surface area contributed by atoms with Gasteiger partial charge in [0.05, 0.1) is 0 Å². The lowest BCUT2D eigenvalue weighted by Gasteiger charge is -2.25. The Balaban J connectivity index is 3.08. The van der Waals surface area contributed by atoms with Crippen molar-refractivity contribution in [1.82, 2.24) is 0 Å². The molecule has 106 valence electrons. The second kappa shape index (κ2) is 5.74. The van der Waals surface area contributed by atoms with Crippen molar-refractivity contribution in [3.63, 3.8) is 0 Å². The Labute approximate surface area is 115 Å². The van der Waals surface area contributed by atoms with E-state index in [9.17, 15) is 4.79 Å². The SMILES string of the molecule is Cc1ccc(C(C)(C)C)cc1C(N)C(C)CC(=O)O. The van der Waals surface area contributed by atoms with Gasteiger partial charge >= 0.3 is 5.97 Å². The molecule has 0 aromatic heterocycles. The van der Waals surface area contributed by atoms with E-state index < -0.39 is 5.97 Å². The third-order valence-electron chi connectivity index (χ3n) is 3.61. The van der Waals surface area contributed by atoms with Gasteiger partial charge in [0.25, 0.3) is 0 Å². The summed E-state index contributed by atoms with van der Waals surface area (Å²) in [4.78, 5) is 10.8. The fourth-order valence-corrected chi connectivity index (χ4v) is 2.18. The van der Waals surface area contributed by atoms with E-state index in [-0.39, 0.29) is 23.8 Å². The van der Waals surface area contributed by atoms with E-state index >= 15 is 0 Å². The van der Waals surface area contributed by atoms with Crippen LogP contribution in [-0.4, -0.2) is 11.1 Å². The highest BCUT2D eigenvalue weighted by atomic mass is 16.4. The zero-order valence-corrected chi connectivity index (χ0v) is 12.5. The van der Waals surface area contributed by atoms with Gasteiger partial charge in [0.15, 0.2) is 0 Å². The van der Waals surface area contributed by atoms with E-state index in [1.54, 1.807) is 0 Å². The number of hydrogen-bond acceptors (Lipinski definition) is 2. The summed E-state index contributed by atoms with van der Waals surface area (Å²) in [6.07, 6.45) is 0.0976.